The standard InChI is InChI=1S/C12H14N6/c1-17-9-14-11(16-17)7-13-6-10-8-18-5-3-2-4-12(18)15-10/h2-5,8-9,13H,6-7H2,1H3. The molecule has 3 aromatic heterocycles. The molecule has 0 aliphatic carbocycles. The van der Waals surface area contributed by atoms with Crippen molar-refractivity contribution in [1.29, 1.82) is 0 Å². The van der Waals surface area contributed by atoms with Crippen LogP contribution in [0.4, 0.5) is 0 Å². The van der Waals surface area contributed by atoms with Crippen molar-refractivity contribution < 1.29 is 0 Å². The van der Waals surface area contributed by atoms with Gasteiger partial charge in [-0.3, -0.25) is 4.68 Å². The van der Waals surface area contributed by atoms with Crippen molar-refractivity contribution in [3.05, 3.63) is 48.4 Å². The number of hydrogen-bond acceptors (Lipinski definition) is 4. The smallest absolute Gasteiger partial charge is 0.164 e. The minimum absolute atomic E-state index is 0.648. The molecule has 0 aliphatic rings. The van der Waals surface area contributed by atoms with Gasteiger partial charge in [0.25, 0.3) is 0 Å². The lowest BCUT2D eigenvalue weighted by Crippen LogP contribution is -2.14. The molecule has 92 valence electrons. The van der Waals surface area contributed by atoms with Gasteiger partial charge in [0.15, 0.2) is 5.82 Å². The third-order valence-electron chi connectivity index (χ3n) is 2.65. The van der Waals surface area contributed by atoms with Gasteiger partial charge in [0.1, 0.15) is 12.0 Å². The van der Waals surface area contributed by atoms with Crippen LogP contribution in [0.2, 0.25) is 0 Å². The molecule has 3 heterocycles. The Balaban J connectivity index is 1.62. The maximum Gasteiger partial charge on any atom is 0.164 e. The highest BCUT2D eigenvalue weighted by molar-refractivity contribution is 5.39. The van der Waals surface area contributed by atoms with E-state index in [1.165, 1.54) is 0 Å². The minimum Gasteiger partial charge on any atom is -0.307 e. The van der Waals surface area contributed by atoms with Crippen LogP contribution < -0.4 is 5.32 Å². The highest BCUT2D eigenvalue weighted by atomic mass is 15.3. The number of fused-ring (bicyclic) bond motifs is 1. The first kappa shape index (κ1) is 10.9. The number of nitrogens with one attached hydrogen (secondary N) is 1. The van der Waals surface area contributed by atoms with Gasteiger partial charge in [-0.25, -0.2) is 9.97 Å². The number of nitrogens with zero attached hydrogens (tertiary/aromatic N) is 5. The molecular weight excluding hydrogens is 228 g/mol. The zero-order chi connectivity index (χ0) is 12.4. The molecule has 6 heteroatoms. The van der Waals surface area contributed by atoms with Crippen LogP contribution in [0, 0.1) is 0 Å². The number of rotatable bonds is 4. The number of aromatic nitrogens is 5. The quantitative estimate of drug-likeness (QED) is 0.733. The second-order valence-corrected chi connectivity index (χ2v) is 4.14. The van der Waals surface area contributed by atoms with E-state index in [0.717, 1.165) is 17.2 Å². The van der Waals surface area contributed by atoms with E-state index in [0.29, 0.717) is 13.1 Å². The molecule has 0 amide bonds. The third-order valence-corrected chi connectivity index (χ3v) is 2.65. The van der Waals surface area contributed by atoms with E-state index in [-0.39, 0.29) is 0 Å². The third kappa shape index (κ3) is 2.23. The second kappa shape index (κ2) is 4.58. The molecule has 0 saturated heterocycles. The number of pyridine rings is 1. The van der Waals surface area contributed by atoms with Crippen LogP contribution in [0.15, 0.2) is 36.9 Å². The molecule has 0 aliphatic heterocycles. The molecule has 1 N–H and O–H groups in total. The average molecular weight is 242 g/mol. The van der Waals surface area contributed by atoms with Crippen molar-refractivity contribution >= 4 is 5.65 Å². The summed E-state index contributed by atoms with van der Waals surface area (Å²) in [6.07, 6.45) is 5.71. The first-order chi connectivity index (χ1) is 8.81. The van der Waals surface area contributed by atoms with Gasteiger partial charge in [0.05, 0.1) is 12.2 Å². The Hall–Kier alpha value is -2.21. The summed E-state index contributed by atoms with van der Waals surface area (Å²) in [5.41, 5.74) is 1.97. The van der Waals surface area contributed by atoms with Gasteiger partial charge < -0.3 is 9.72 Å². The minimum atomic E-state index is 0.648. The monoisotopic (exact) mass is 242 g/mol. The van der Waals surface area contributed by atoms with Gasteiger partial charge >= 0.3 is 0 Å². The summed E-state index contributed by atoms with van der Waals surface area (Å²) in [4.78, 5) is 8.66. The van der Waals surface area contributed by atoms with Crippen LogP contribution in [-0.4, -0.2) is 24.1 Å². The molecule has 0 unspecified atom stereocenters. The van der Waals surface area contributed by atoms with Crippen molar-refractivity contribution in [3.63, 3.8) is 0 Å². The Bertz CT molecular complexity index is 620. The highest BCUT2D eigenvalue weighted by Crippen LogP contribution is 2.04. The largest absolute Gasteiger partial charge is 0.307 e. The van der Waals surface area contributed by atoms with Gasteiger partial charge in [-0.1, -0.05) is 6.07 Å². The Morgan fingerprint density at radius 1 is 1.28 bits per heavy atom. The fourth-order valence-corrected chi connectivity index (χ4v) is 1.84. The predicted octanol–water partition coefficient (Wildman–Crippen LogP) is 0.753. The molecular formula is C12H14N6. The van der Waals surface area contributed by atoms with Crippen LogP contribution in [0.25, 0.3) is 5.65 Å². The van der Waals surface area contributed by atoms with Crippen molar-refractivity contribution in [2.24, 2.45) is 7.05 Å². The Morgan fingerprint density at radius 3 is 3.00 bits per heavy atom. The van der Waals surface area contributed by atoms with Gasteiger partial charge in [-0.15, -0.1) is 0 Å². The highest BCUT2D eigenvalue weighted by Gasteiger charge is 2.02. The van der Waals surface area contributed by atoms with Crippen LogP contribution in [0.5, 0.6) is 0 Å². The SMILES string of the molecule is Cn1cnc(CNCc2cn3ccccc3n2)n1. The van der Waals surface area contributed by atoms with Crippen LogP contribution in [-0.2, 0) is 20.1 Å². The fourth-order valence-electron chi connectivity index (χ4n) is 1.84. The predicted molar refractivity (Wildman–Crippen MR) is 66.7 cm³/mol. The average Bonchev–Trinajstić information content (AvgIpc) is 2.95. The topological polar surface area (TPSA) is 60.0 Å². The lowest BCUT2D eigenvalue weighted by Gasteiger charge is -1.97. The number of aryl methyl sites for hydroxylation is 1. The van der Waals surface area contributed by atoms with E-state index in [2.05, 4.69) is 20.4 Å². The van der Waals surface area contributed by atoms with Gasteiger partial charge in [-0.05, 0) is 12.1 Å². The molecule has 6 nitrogen and oxygen atoms in total. The van der Waals surface area contributed by atoms with E-state index in [4.69, 9.17) is 0 Å². The van der Waals surface area contributed by atoms with Crippen molar-refractivity contribution in [1.82, 2.24) is 29.5 Å². The summed E-state index contributed by atoms with van der Waals surface area (Å²) in [7, 11) is 1.86. The Labute approximate surface area is 104 Å². The zero-order valence-electron chi connectivity index (χ0n) is 10.1. The molecule has 0 aromatic carbocycles. The lowest BCUT2D eigenvalue weighted by atomic mass is 10.4. The molecule has 0 atom stereocenters. The molecule has 0 radical (unpaired) electrons. The Kier molecular flexibility index (Phi) is 2.77. The zero-order valence-corrected chi connectivity index (χ0v) is 10.1. The molecule has 18 heavy (non-hydrogen) atoms. The molecule has 0 bridgehead atoms. The second-order valence-electron chi connectivity index (χ2n) is 4.14. The first-order valence-electron chi connectivity index (χ1n) is 5.79. The van der Waals surface area contributed by atoms with E-state index in [9.17, 15) is 0 Å². The van der Waals surface area contributed by atoms with E-state index in [1.807, 2.05) is 42.0 Å². The summed E-state index contributed by atoms with van der Waals surface area (Å²) in [5.74, 6) is 0.793. The summed E-state index contributed by atoms with van der Waals surface area (Å²) in [6.45, 7) is 1.36. The summed E-state index contributed by atoms with van der Waals surface area (Å²) in [5, 5.41) is 7.48. The van der Waals surface area contributed by atoms with Gasteiger partial charge in [0.2, 0.25) is 0 Å². The summed E-state index contributed by atoms with van der Waals surface area (Å²) in [6, 6.07) is 5.96. The Morgan fingerprint density at radius 2 is 2.22 bits per heavy atom. The lowest BCUT2D eigenvalue weighted by molar-refractivity contribution is 0.642. The fraction of sp³-hybridized carbons (Fsp3) is 0.250. The number of imidazole rings is 1. The summed E-state index contributed by atoms with van der Waals surface area (Å²) >= 11 is 0. The van der Waals surface area contributed by atoms with Crippen molar-refractivity contribution in [3.8, 4) is 0 Å². The molecule has 0 spiro atoms. The molecule has 3 aromatic rings. The molecule has 3 rings (SSSR count). The first-order valence-corrected chi connectivity index (χ1v) is 5.79. The van der Waals surface area contributed by atoms with Gasteiger partial charge in [-0.2, -0.15) is 5.10 Å². The number of hydrogen-bond donors (Lipinski definition) is 1. The maximum atomic E-state index is 4.50. The van der Waals surface area contributed by atoms with Crippen LogP contribution >= 0.6 is 0 Å². The van der Waals surface area contributed by atoms with Crippen molar-refractivity contribution in [2.75, 3.05) is 0 Å². The van der Waals surface area contributed by atoms with Crippen LogP contribution in [0.3, 0.4) is 0 Å². The van der Waals surface area contributed by atoms with E-state index < -0.39 is 0 Å². The van der Waals surface area contributed by atoms with Gasteiger partial charge in [0, 0.05) is 26.0 Å². The molecule has 0 fully saturated rings. The van der Waals surface area contributed by atoms with Crippen molar-refractivity contribution in [2.45, 2.75) is 13.1 Å². The van der Waals surface area contributed by atoms with E-state index in [1.54, 1.807) is 11.0 Å². The van der Waals surface area contributed by atoms with E-state index >= 15 is 0 Å². The normalized spacial score (nSPS) is 11.2. The summed E-state index contributed by atoms with van der Waals surface area (Å²) < 4.78 is 3.71. The molecule has 0 saturated carbocycles. The van der Waals surface area contributed by atoms with Crippen LogP contribution in [0.1, 0.15) is 11.5 Å². The maximum absolute atomic E-state index is 4.50.